The number of rotatable bonds is 3. The van der Waals surface area contributed by atoms with Crippen molar-refractivity contribution in [3.8, 4) is 0 Å². The summed E-state index contributed by atoms with van der Waals surface area (Å²) in [5.74, 6) is 0.359. The molecule has 0 saturated carbocycles. The van der Waals surface area contributed by atoms with Crippen molar-refractivity contribution < 1.29 is 9.59 Å². The molecule has 2 amide bonds. The maximum Gasteiger partial charge on any atom is 0.255 e. The van der Waals surface area contributed by atoms with Crippen LogP contribution in [0.25, 0.3) is 10.9 Å². The van der Waals surface area contributed by atoms with Gasteiger partial charge in [0.15, 0.2) is 0 Å². The first-order chi connectivity index (χ1) is 13.6. The summed E-state index contributed by atoms with van der Waals surface area (Å²) in [6, 6.07) is 16.4. The molecular weight excluding hydrogens is 350 g/mol. The van der Waals surface area contributed by atoms with Gasteiger partial charge in [0.05, 0.1) is 11.2 Å². The van der Waals surface area contributed by atoms with Crippen molar-refractivity contribution in [3.05, 3.63) is 71.9 Å². The van der Waals surface area contributed by atoms with Crippen LogP contribution in [0.4, 0.5) is 5.69 Å². The average Bonchev–Trinajstić information content (AvgIpc) is 2.73. The van der Waals surface area contributed by atoms with Crippen LogP contribution in [0, 0.1) is 5.92 Å². The molecule has 1 N–H and O–H groups in total. The normalized spacial score (nSPS) is 16.8. The zero-order valence-electron chi connectivity index (χ0n) is 15.9. The Morgan fingerprint density at radius 3 is 2.57 bits per heavy atom. The molecule has 0 radical (unpaired) electrons. The molecule has 1 fully saturated rings. The number of benzene rings is 2. The van der Waals surface area contributed by atoms with E-state index in [1.54, 1.807) is 30.5 Å². The molecule has 2 aromatic carbocycles. The fourth-order valence-electron chi connectivity index (χ4n) is 3.72. The molecule has 5 heteroatoms. The topological polar surface area (TPSA) is 62.3 Å². The standard InChI is InChI=1S/C23H23N3O2/c1-16-5-4-14-26(15-16)23(28)19-11-9-18(10-12-19)22(27)25-20-8-2-6-17-7-3-13-24-21(17)20/h2-3,6-13,16H,4-5,14-15H2,1H3,(H,25,27). The predicted octanol–water partition coefficient (Wildman–Crippen LogP) is 4.36. The van der Waals surface area contributed by atoms with Crippen LogP contribution in [0.15, 0.2) is 60.8 Å². The molecule has 28 heavy (non-hydrogen) atoms. The van der Waals surface area contributed by atoms with Crippen LogP contribution in [0.5, 0.6) is 0 Å². The van der Waals surface area contributed by atoms with Crippen molar-refractivity contribution in [3.63, 3.8) is 0 Å². The van der Waals surface area contributed by atoms with Gasteiger partial charge in [0.1, 0.15) is 0 Å². The molecular formula is C23H23N3O2. The number of aromatic nitrogens is 1. The molecule has 4 rings (SSSR count). The van der Waals surface area contributed by atoms with Crippen LogP contribution in [-0.2, 0) is 0 Å². The Morgan fingerprint density at radius 2 is 1.79 bits per heavy atom. The minimum absolute atomic E-state index is 0.0387. The summed E-state index contributed by atoms with van der Waals surface area (Å²) in [6.45, 7) is 3.78. The summed E-state index contributed by atoms with van der Waals surface area (Å²) < 4.78 is 0. The third-order valence-corrected chi connectivity index (χ3v) is 5.22. The van der Waals surface area contributed by atoms with Crippen molar-refractivity contribution in [2.45, 2.75) is 19.8 Å². The number of carbonyl (C=O) groups is 2. The van der Waals surface area contributed by atoms with Crippen LogP contribution in [-0.4, -0.2) is 34.8 Å². The number of hydrogen-bond acceptors (Lipinski definition) is 3. The van der Waals surface area contributed by atoms with Crippen LogP contribution in [0.2, 0.25) is 0 Å². The number of para-hydroxylation sites is 1. The molecule has 142 valence electrons. The first-order valence-corrected chi connectivity index (χ1v) is 9.66. The smallest absolute Gasteiger partial charge is 0.255 e. The lowest BCUT2D eigenvalue weighted by molar-refractivity contribution is 0.0682. The van der Waals surface area contributed by atoms with E-state index in [0.29, 0.717) is 22.7 Å². The lowest BCUT2D eigenvalue weighted by Crippen LogP contribution is -2.39. The lowest BCUT2D eigenvalue weighted by atomic mass is 9.99. The zero-order chi connectivity index (χ0) is 19.5. The molecule has 1 saturated heterocycles. The fraction of sp³-hybridized carbons (Fsp3) is 0.261. The molecule has 3 aromatic rings. The van der Waals surface area contributed by atoms with E-state index in [1.807, 2.05) is 35.2 Å². The summed E-state index contributed by atoms with van der Waals surface area (Å²) in [4.78, 5) is 31.6. The van der Waals surface area contributed by atoms with Crippen molar-refractivity contribution in [1.29, 1.82) is 0 Å². The molecule has 1 aliphatic rings. The number of anilines is 1. The van der Waals surface area contributed by atoms with Gasteiger partial charge in [0.2, 0.25) is 0 Å². The van der Waals surface area contributed by atoms with Crippen LogP contribution < -0.4 is 5.32 Å². The SMILES string of the molecule is CC1CCCN(C(=O)c2ccc(C(=O)Nc3cccc4cccnc34)cc2)C1. The highest BCUT2D eigenvalue weighted by Gasteiger charge is 2.22. The van der Waals surface area contributed by atoms with Gasteiger partial charge in [-0.25, -0.2) is 0 Å². The summed E-state index contributed by atoms with van der Waals surface area (Å²) >= 11 is 0. The number of piperidine rings is 1. The van der Waals surface area contributed by atoms with E-state index >= 15 is 0 Å². The Bertz CT molecular complexity index is 1010. The molecule has 0 spiro atoms. The van der Waals surface area contributed by atoms with E-state index in [-0.39, 0.29) is 11.8 Å². The van der Waals surface area contributed by atoms with Crippen molar-refractivity contribution in [1.82, 2.24) is 9.88 Å². The Morgan fingerprint density at radius 1 is 1.04 bits per heavy atom. The molecule has 5 nitrogen and oxygen atoms in total. The molecule has 0 bridgehead atoms. The van der Waals surface area contributed by atoms with Gasteiger partial charge < -0.3 is 10.2 Å². The minimum atomic E-state index is -0.219. The van der Waals surface area contributed by atoms with Crippen LogP contribution in [0.3, 0.4) is 0 Å². The largest absolute Gasteiger partial charge is 0.338 e. The van der Waals surface area contributed by atoms with Crippen molar-refractivity contribution in [2.24, 2.45) is 5.92 Å². The number of nitrogens with zero attached hydrogens (tertiary/aromatic N) is 2. The number of likely N-dealkylation sites (tertiary alicyclic amines) is 1. The maximum atomic E-state index is 12.7. The van der Waals surface area contributed by atoms with E-state index in [1.165, 1.54) is 6.42 Å². The van der Waals surface area contributed by atoms with E-state index in [4.69, 9.17) is 0 Å². The number of hydrogen-bond donors (Lipinski definition) is 1. The van der Waals surface area contributed by atoms with E-state index < -0.39 is 0 Å². The molecule has 1 unspecified atom stereocenters. The number of pyridine rings is 1. The summed E-state index contributed by atoms with van der Waals surface area (Å²) in [5.41, 5.74) is 2.56. The van der Waals surface area contributed by atoms with Gasteiger partial charge in [0.25, 0.3) is 11.8 Å². The molecule has 1 atom stereocenters. The van der Waals surface area contributed by atoms with Crippen molar-refractivity contribution >= 4 is 28.4 Å². The molecule has 2 heterocycles. The van der Waals surface area contributed by atoms with Gasteiger partial charge >= 0.3 is 0 Å². The highest BCUT2D eigenvalue weighted by Crippen LogP contribution is 2.22. The van der Waals surface area contributed by atoms with Crippen molar-refractivity contribution in [2.75, 3.05) is 18.4 Å². The van der Waals surface area contributed by atoms with E-state index in [0.717, 1.165) is 30.4 Å². The fourth-order valence-corrected chi connectivity index (χ4v) is 3.72. The highest BCUT2D eigenvalue weighted by atomic mass is 16.2. The van der Waals surface area contributed by atoms with Gasteiger partial charge in [-0.15, -0.1) is 0 Å². The first-order valence-electron chi connectivity index (χ1n) is 9.66. The number of fused-ring (bicyclic) bond motifs is 1. The molecule has 1 aliphatic heterocycles. The minimum Gasteiger partial charge on any atom is -0.338 e. The zero-order valence-corrected chi connectivity index (χ0v) is 15.9. The van der Waals surface area contributed by atoms with Gasteiger partial charge in [-0.3, -0.25) is 14.6 Å². The lowest BCUT2D eigenvalue weighted by Gasteiger charge is -2.31. The summed E-state index contributed by atoms with van der Waals surface area (Å²) in [6.07, 6.45) is 3.93. The molecule has 1 aromatic heterocycles. The molecule has 0 aliphatic carbocycles. The Balaban J connectivity index is 1.49. The van der Waals surface area contributed by atoms with Gasteiger partial charge in [-0.2, -0.15) is 0 Å². The number of carbonyl (C=O) groups excluding carboxylic acids is 2. The Kier molecular flexibility index (Phi) is 5.06. The van der Waals surface area contributed by atoms with Gasteiger partial charge in [-0.05, 0) is 55.2 Å². The van der Waals surface area contributed by atoms with Crippen LogP contribution >= 0.6 is 0 Å². The predicted molar refractivity (Wildman–Crippen MR) is 110 cm³/mol. The van der Waals surface area contributed by atoms with E-state index in [2.05, 4.69) is 17.2 Å². The Hall–Kier alpha value is -3.21. The second-order valence-corrected chi connectivity index (χ2v) is 7.41. The Labute approximate surface area is 164 Å². The highest BCUT2D eigenvalue weighted by molar-refractivity contribution is 6.08. The third kappa shape index (κ3) is 3.74. The monoisotopic (exact) mass is 373 g/mol. The maximum absolute atomic E-state index is 12.7. The second-order valence-electron chi connectivity index (χ2n) is 7.41. The average molecular weight is 373 g/mol. The summed E-state index contributed by atoms with van der Waals surface area (Å²) in [7, 11) is 0. The first kappa shape index (κ1) is 18.2. The van der Waals surface area contributed by atoms with E-state index in [9.17, 15) is 9.59 Å². The van der Waals surface area contributed by atoms with Gasteiger partial charge in [-0.1, -0.05) is 25.1 Å². The quantitative estimate of drug-likeness (QED) is 0.742. The van der Waals surface area contributed by atoms with Gasteiger partial charge in [0, 0.05) is 35.8 Å². The second kappa shape index (κ2) is 7.80. The third-order valence-electron chi connectivity index (χ3n) is 5.22. The summed E-state index contributed by atoms with van der Waals surface area (Å²) in [5, 5.41) is 3.89. The van der Waals surface area contributed by atoms with Crippen LogP contribution in [0.1, 0.15) is 40.5 Å². The number of amides is 2. The number of nitrogens with one attached hydrogen (secondary N) is 1.